The van der Waals surface area contributed by atoms with Gasteiger partial charge in [0.25, 0.3) is 0 Å². The van der Waals surface area contributed by atoms with Crippen LogP contribution < -0.4 is 0 Å². The molecule has 0 aliphatic carbocycles. The first kappa shape index (κ1) is 7.40. The Kier molecular flexibility index (Phi) is 4.21. The summed E-state index contributed by atoms with van der Waals surface area (Å²) in [5, 5.41) is 0. The molecular formula is C5H9FO2. The molecule has 0 saturated carbocycles. The average Bonchev–Trinajstić information content (AvgIpc) is 1.83. The average molecular weight is 120 g/mol. The lowest BCUT2D eigenvalue weighted by Gasteiger charge is -1.92. The van der Waals surface area contributed by atoms with Gasteiger partial charge in [0.05, 0.1) is 13.8 Å². The number of halogens is 1. The van der Waals surface area contributed by atoms with Crippen LogP contribution in [0.3, 0.4) is 0 Å². The van der Waals surface area contributed by atoms with Crippen LogP contribution in [0.25, 0.3) is 0 Å². The maximum atomic E-state index is 11.3. The molecule has 0 spiro atoms. The van der Waals surface area contributed by atoms with Gasteiger partial charge in [-0.3, -0.25) is 9.18 Å². The Balaban J connectivity index is 2.99. The van der Waals surface area contributed by atoms with Crippen LogP contribution in [-0.4, -0.2) is 19.8 Å². The van der Waals surface area contributed by atoms with Gasteiger partial charge in [0.2, 0.25) is 0 Å². The molecule has 0 amide bonds. The first-order valence-corrected chi connectivity index (χ1v) is 2.44. The summed E-state index contributed by atoms with van der Waals surface area (Å²) >= 11 is 0. The third-order valence-corrected chi connectivity index (χ3v) is 0.742. The molecule has 0 radical (unpaired) electrons. The fourth-order valence-corrected chi connectivity index (χ4v) is 0.313. The van der Waals surface area contributed by atoms with Crippen molar-refractivity contribution in [2.75, 3.05) is 13.8 Å². The minimum atomic E-state index is -0.449. The minimum Gasteiger partial charge on any atom is -0.469 e. The van der Waals surface area contributed by atoms with Crippen LogP contribution in [-0.2, 0) is 9.53 Å². The molecule has 2 nitrogen and oxygen atoms in total. The van der Waals surface area contributed by atoms with Gasteiger partial charge in [-0.05, 0) is 6.42 Å². The van der Waals surface area contributed by atoms with Gasteiger partial charge in [-0.15, -0.1) is 0 Å². The summed E-state index contributed by atoms with van der Waals surface area (Å²) in [7, 11) is 1.29. The van der Waals surface area contributed by atoms with Gasteiger partial charge in [0.15, 0.2) is 0 Å². The smallest absolute Gasteiger partial charge is 0.305 e. The number of rotatable bonds is 3. The van der Waals surface area contributed by atoms with Crippen LogP contribution in [0.5, 0.6) is 0 Å². The molecule has 3 heteroatoms. The summed E-state index contributed by atoms with van der Waals surface area (Å²) in [5.41, 5.74) is 0. The fraction of sp³-hybridized carbons (Fsp3) is 0.800. The standard InChI is InChI=1S/C5H9FO2/c1-8-5(7)3-2-4-6/h2-4H2,1H3. The third-order valence-electron chi connectivity index (χ3n) is 0.742. The van der Waals surface area contributed by atoms with Gasteiger partial charge in [-0.25, -0.2) is 0 Å². The highest BCUT2D eigenvalue weighted by molar-refractivity contribution is 5.68. The lowest BCUT2D eigenvalue weighted by Crippen LogP contribution is -1.99. The Morgan fingerprint density at radius 1 is 1.75 bits per heavy atom. The van der Waals surface area contributed by atoms with Crippen LogP contribution in [0, 0.1) is 0 Å². The predicted molar refractivity (Wildman–Crippen MR) is 27.2 cm³/mol. The number of carbonyl (C=O) groups excluding carboxylic acids is 1. The zero-order valence-electron chi connectivity index (χ0n) is 4.82. The van der Waals surface area contributed by atoms with Crippen LogP contribution >= 0.6 is 0 Å². The van der Waals surface area contributed by atoms with Crippen molar-refractivity contribution in [3.8, 4) is 0 Å². The first-order valence-electron chi connectivity index (χ1n) is 2.44. The summed E-state index contributed by atoms with van der Waals surface area (Å²) in [4.78, 5) is 10.2. The Morgan fingerprint density at radius 2 is 2.38 bits per heavy atom. The van der Waals surface area contributed by atoms with E-state index in [0.717, 1.165) is 0 Å². The SMILES string of the molecule is COC(=O)CCCF. The topological polar surface area (TPSA) is 26.3 Å². The zero-order valence-corrected chi connectivity index (χ0v) is 4.82. The Hall–Kier alpha value is -0.600. The number of methoxy groups -OCH3 is 1. The fourth-order valence-electron chi connectivity index (χ4n) is 0.313. The zero-order chi connectivity index (χ0) is 6.41. The van der Waals surface area contributed by atoms with E-state index in [1.807, 2.05) is 0 Å². The van der Waals surface area contributed by atoms with Crippen LogP contribution in [0.15, 0.2) is 0 Å². The van der Waals surface area contributed by atoms with Gasteiger partial charge in [0, 0.05) is 6.42 Å². The second-order valence-electron chi connectivity index (χ2n) is 1.37. The van der Waals surface area contributed by atoms with Crippen molar-refractivity contribution in [1.29, 1.82) is 0 Å². The van der Waals surface area contributed by atoms with Crippen molar-refractivity contribution < 1.29 is 13.9 Å². The monoisotopic (exact) mass is 120 g/mol. The van der Waals surface area contributed by atoms with Crippen molar-refractivity contribution in [2.45, 2.75) is 12.8 Å². The maximum absolute atomic E-state index is 11.3. The van der Waals surface area contributed by atoms with Gasteiger partial charge in [0.1, 0.15) is 0 Å². The van der Waals surface area contributed by atoms with E-state index in [1.54, 1.807) is 0 Å². The minimum absolute atomic E-state index is 0.188. The molecule has 0 unspecified atom stereocenters. The summed E-state index contributed by atoms with van der Waals surface area (Å²) in [6.45, 7) is -0.449. The Labute approximate surface area is 47.6 Å². The number of carbonyl (C=O) groups is 1. The molecule has 0 rings (SSSR count). The number of hydrogen-bond acceptors (Lipinski definition) is 2. The molecule has 0 bridgehead atoms. The predicted octanol–water partition coefficient (Wildman–Crippen LogP) is 0.909. The van der Waals surface area contributed by atoms with E-state index >= 15 is 0 Å². The van der Waals surface area contributed by atoms with Crippen molar-refractivity contribution in [3.05, 3.63) is 0 Å². The lowest BCUT2D eigenvalue weighted by atomic mass is 10.3. The van der Waals surface area contributed by atoms with Gasteiger partial charge < -0.3 is 4.74 Å². The highest BCUT2D eigenvalue weighted by Crippen LogP contribution is 1.90. The van der Waals surface area contributed by atoms with Crippen LogP contribution in [0.2, 0.25) is 0 Å². The van der Waals surface area contributed by atoms with Gasteiger partial charge in [-0.1, -0.05) is 0 Å². The molecule has 0 aliphatic heterocycles. The van der Waals surface area contributed by atoms with E-state index in [4.69, 9.17) is 0 Å². The molecule has 0 heterocycles. The number of alkyl halides is 1. The maximum Gasteiger partial charge on any atom is 0.305 e. The Bertz CT molecular complexity index is 72.8. The van der Waals surface area contributed by atoms with Crippen molar-refractivity contribution in [2.24, 2.45) is 0 Å². The molecule has 0 N–H and O–H groups in total. The molecule has 0 atom stereocenters. The van der Waals surface area contributed by atoms with E-state index in [9.17, 15) is 9.18 Å². The normalized spacial score (nSPS) is 8.75. The quantitative estimate of drug-likeness (QED) is 0.517. The molecule has 48 valence electrons. The van der Waals surface area contributed by atoms with E-state index in [-0.39, 0.29) is 18.8 Å². The second kappa shape index (κ2) is 4.56. The highest BCUT2D eigenvalue weighted by atomic mass is 19.1. The number of hydrogen-bond donors (Lipinski definition) is 0. The van der Waals surface area contributed by atoms with E-state index in [0.29, 0.717) is 0 Å². The van der Waals surface area contributed by atoms with Crippen LogP contribution in [0.4, 0.5) is 4.39 Å². The lowest BCUT2D eigenvalue weighted by molar-refractivity contribution is -0.140. The Morgan fingerprint density at radius 3 is 2.75 bits per heavy atom. The van der Waals surface area contributed by atoms with Crippen molar-refractivity contribution in [1.82, 2.24) is 0 Å². The molecule has 8 heavy (non-hydrogen) atoms. The molecule has 0 saturated heterocycles. The summed E-state index contributed by atoms with van der Waals surface area (Å²) in [5.74, 6) is -0.345. The van der Waals surface area contributed by atoms with E-state index < -0.39 is 6.67 Å². The number of esters is 1. The third kappa shape index (κ3) is 3.59. The van der Waals surface area contributed by atoms with E-state index in [1.165, 1.54) is 7.11 Å². The van der Waals surface area contributed by atoms with Crippen LogP contribution in [0.1, 0.15) is 12.8 Å². The first-order chi connectivity index (χ1) is 3.81. The van der Waals surface area contributed by atoms with E-state index in [2.05, 4.69) is 4.74 Å². The van der Waals surface area contributed by atoms with Gasteiger partial charge in [-0.2, -0.15) is 0 Å². The summed E-state index contributed by atoms with van der Waals surface area (Å²) in [6, 6.07) is 0. The summed E-state index contributed by atoms with van der Waals surface area (Å²) in [6.07, 6.45) is 0.458. The molecule has 0 fully saturated rings. The number of ether oxygens (including phenoxy) is 1. The summed E-state index contributed by atoms with van der Waals surface area (Å²) < 4.78 is 15.5. The van der Waals surface area contributed by atoms with Crippen molar-refractivity contribution in [3.63, 3.8) is 0 Å². The molecular weight excluding hydrogens is 111 g/mol. The highest BCUT2D eigenvalue weighted by Gasteiger charge is 1.96. The largest absolute Gasteiger partial charge is 0.469 e. The molecule has 0 aromatic rings. The second-order valence-corrected chi connectivity index (χ2v) is 1.37. The van der Waals surface area contributed by atoms with Crippen molar-refractivity contribution >= 4 is 5.97 Å². The van der Waals surface area contributed by atoms with Gasteiger partial charge >= 0.3 is 5.97 Å². The molecule has 0 aromatic carbocycles. The molecule has 0 aliphatic rings. The molecule has 0 aromatic heterocycles.